The number of allylic oxidation sites excluding steroid dienone is 2. The molecule has 374 valence electrons. The summed E-state index contributed by atoms with van der Waals surface area (Å²) in [5, 5.41) is 32.0. The highest BCUT2D eigenvalue weighted by Gasteiger charge is 2.48. The van der Waals surface area contributed by atoms with Crippen LogP contribution in [-0.4, -0.2) is 42.4 Å². The van der Waals surface area contributed by atoms with Crippen molar-refractivity contribution in [2.75, 3.05) is 6.61 Å². The molecule has 2 heterocycles. The number of nitrogens with zero attached hydrogens (tertiary/aromatic N) is 4. The van der Waals surface area contributed by atoms with Crippen LogP contribution in [0.25, 0.3) is 29.6 Å². The van der Waals surface area contributed by atoms with Gasteiger partial charge >= 0.3 is 5.97 Å². The molecule has 71 heavy (non-hydrogen) atoms. The standard InChI is InChI=1S/C27H28F2N2O.C27H26F2N2O.C4H8O2.CH4/c2*1-3-17-13-18(7-12-24(17)29)26(32)23-6-4-5-20-14-25-19(15-27(20,23)2)16-30-31(25)22-10-8-21(28)9-11-22;1-3-6-4(2)5;/h7-14,16,23,26,32H,3-6,15H2,1-2H3;3,7-14,16,23,26,32H,1,4-6,15H2,2H3;3H2,1-2H3;1H4/t2*23-,26+,27+;;/m11../s1. The van der Waals surface area contributed by atoms with Crippen molar-refractivity contribution in [1.29, 1.82) is 0 Å². The average molecular weight is 971 g/mol. The molecule has 10 rings (SSSR count). The Kier molecular flexibility index (Phi) is 16.2. The molecule has 4 aromatic carbocycles. The van der Waals surface area contributed by atoms with E-state index in [1.54, 1.807) is 49.4 Å². The fourth-order valence-electron chi connectivity index (χ4n) is 11.4. The van der Waals surface area contributed by atoms with Crippen LogP contribution in [0.4, 0.5) is 17.6 Å². The summed E-state index contributed by atoms with van der Waals surface area (Å²) in [6, 6.07) is 22.5. The third kappa shape index (κ3) is 10.7. The van der Waals surface area contributed by atoms with Crippen molar-refractivity contribution in [2.45, 2.75) is 112 Å². The Hall–Kier alpha value is -6.37. The maximum Gasteiger partial charge on any atom is 0.302 e. The number of aryl methyl sites for hydroxylation is 1. The number of esters is 1. The number of benzene rings is 4. The number of halogens is 4. The van der Waals surface area contributed by atoms with Gasteiger partial charge in [0.1, 0.15) is 23.3 Å². The normalized spacial score (nSPS) is 21.6. The van der Waals surface area contributed by atoms with Gasteiger partial charge in [0.05, 0.1) is 54.0 Å². The van der Waals surface area contributed by atoms with Crippen LogP contribution in [-0.2, 0) is 28.8 Å². The van der Waals surface area contributed by atoms with E-state index in [9.17, 15) is 32.6 Å². The van der Waals surface area contributed by atoms with Gasteiger partial charge in [0.25, 0.3) is 0 Å². The lowest BCUT2D eigenvalue weighted by molar-refractivity contribution is -0.140. The fourth-order valence-corrected chi connectivity index (χ4v) is 11.4. The van der Waals surface area contributed by atoms with Crippen LogP contribution in [0.5, 0.6) is 0 Å². The minimum absolute atomic E-state index is 0. The van der Waals surface area contributed by atoms with E-state index in [4.69, 9.17) is 0 Å². The molecule has 0 unspecified atom stereocenters. The summed E-state index contributed by atoms with van der Waals surface area (Å²) in [5.74, 6) is -1.25. The quantitative estimate of drug-likeness (QED) is 0.111. The van der Waals surface area contributed by atoms with Crippen molar-refractivity contribution in [3.63, 3.8) is 0 Å². The van der Waals surface area contributed by atoms with E-state index in [0.29, 0.717) is 24.2 Å². The monoisotopic (exact) mass is 971 g/mol. The van der Waals surface area contributed by atoms with E-state index in [-0.39, 0.29) is 59.3 Å². The largest absolute Gasteiger partial charge is 0.466 e. The average Bonchev–Trinajstić information content (AvgIpc) is 3.95. The van der Waals surface area contributed by atoms with E-state index >= 15 is 0 Å². The van der Waals surface area contributed by atoms with Gasteiger partial charge in [-0.25, -0.2) is 26.9 Å². The summed E-state index contributed by atoms with van der Waals surface area (Å²) in [5.41, 5.74) is 10.7. The van der Waals surface area contributed by atoms with Gasteiger partial charge in [0, 0.05) is 12.5 Å². The summed E-state index contributed by atoms with van der Waals surface area (Å²) in [6.45, 7) is 13.7. The molecule has 2 aromatic heterocycles. The maximum absolute atomic E-state index is 14.0. The van der Waals surface area contributed by atoms with Gasteiger partial charge < -0.3 is 14.9 Å². The number of carbonyl (C=O) groups excluding carboxylic acids is 1. The summed E-state index contributed by atoms with van der Waals surface area (Å²) < 4.78 is 62.9. The Labute approximate surface area is 415 Å². The lowest BCUT2D eigenvalue weighted by Gasteiger charge is -2.47. The number of ether oxygens (including phenoxy) is 1. The van der Waals surface area contributed by atoms with Crippen LogP contribution in [0.15, 0.2) is 115 Å². The number of aromatic nitrogens is 4. The smallest absolute Gasteiger partial charge is 0.302 e. The molecule has 2 fully saturated rings. The molecule has 12 heteroatoms. The van der Waals surface area contributed by atoms with Crippen LogP contribution in [0.1, 0.15) is 138 Å². The van der Waals surface area contributed by atoms with E-state index in [1.165, 1.54) is 60.5 Å². The first-order valence-corrected chi connectivity index (χ1v) is 24.4. The van der Waals surface area contributed by atoms with Crippen LogP contribution in [0.2, 0.25) is 0 Å². The van der Waals surface area contributed by atoms with Crippen molar-refractivity contribution >= 4 is 24.2 Å². The number of fused-ring (bicyclic) bond motifs is 4. The molecule has 2 saturated carbocycles. The minimum atomic E-state index is -0.698. The van der Waals surface area contributed by atoms with Crippen LogP contribution in [0.3, 0.4) is 0 Å². The summed E-state index contributed by atoms with van der Waals surface area (Å²) in [4.78, 5) is 9.82. The van der Waals surface area contributed by atoms with E-state index in [2.05, 4.69) is 47.5 Å². The molecular formula is C59H66F4N4O4. The maximum atomic E-state index is 14.0. The summed E-state index contributed by atoms with van der Waals surface area (Å²) in [6.07, 6.45) is 16.3. The number of aliphatic hydroxyl groups excluding tert-OH is 2. The molecule has 4 aliphatic rings. The van der Waals surface area contributed by atoms with Gasteiger partial charge in [-0.05, 0) is 194 Å². The second kappa shape index (κ2) is 22.0. The first-order chi connectivity index (χ1) is 33.6. The molecule has 0 spiro atoms. The molecule has 0 bridgehead atoms. The zero-order chi connectivity index (χ0) is 49.9. The zero-order valence-corrected chi connectivity index (χ0v) is 40.6. The number of carbonyl (C=O) groups is 1. The highest BCUT2D eigenvalue weighted by Crippen LogP contribution is 2.56. The molecular weight excluding hydrogens is 905 g/mol. The van der Waals surface area contributed by atoms with E-state index in [0.717, 1.165) is 96.4 Å². The van der Waals surface area contributed by atoms with Gasteiger partial charge in [-0.2, -0.15) is 10.2 Å². The van der Waals surface area contributed by atoms with E-state index < -0.39 is 12.2 Å². The predicted octanol–water partition coefficient (Wildman–Crippen LogP) is 13.7. The Bertz CT molecular complexity index is 2920. The molecule has 6 aromatic rings. The molecule has 0 saturated heterocycles. The first-order valence-electron chi connectivity index (χ1n) is 24.4. The molecule has 2 N–H and O–H groups in total. The van der Waals surface area contributed by atoms with Gasteiger partial charge in [-0.3, -0.25) is 4.79 Å². The van der Waals surface area contributed by atoms with Gasteiger partial charge in [0.2, 0.25) is 0 Å². The number of rotatable bonds is 9. The Morgan fingerprint density at radius 3 is 1.59 bits per heavy atom. The lowest BCUT2D eigenvalue weighted by Crippen LogP contribution is -2.40. The molecule has 8 nitrogen and oxygen atoms in total. The Balaban J connectivity index is 0.000000185. The van der Waals surface area contributed by atoms with Gasteiger partial charge in [-0.1, -0.05) is 70.2 Å². The Morgan fingerprint density at radius 1 is 0.732 bits per heavy atom. The minimum Gasteiger partial charge on any atom is -0.466 e. The van der Waals surface area contributed by atoms with Crippen molar-refractivity contribution in [3.05, 3.63) is 183 Å². The van der Waals surface area contributed by atoms with Crippen LogP contribution in [0, 0.1) is 45.9 Å². The summed E-state index contributed by atoms with van der Waals surface area (Å²) >= 11 is 0. The van der Waals surface area contributed by atoms with Crippen molar-refractivity contribution < 1.29 is 37.3 Å². The fraction of sp³-hybridized carbons (Fsp3) is 0.373. The Morgan fingerprint density at radius 2 is 1.18 bits per heavy atom. The highest BCUT2D eigenvalue weighted by atomic mass is 19.1. The SMILES string of the molecule is C.C=Cc1cc([C@H](O)[C@H]2CCCC3=Cc4c(cnn4-c4ccc(F)cc4)C[C@@]32C)ccc1F.CCOC(C)=O.CCc1cc([C@H](O)[C@H]2CCCC3=Cc4c(cnn4-c4ccc(F)cc4)C[C@@]32C)ccc1F. The highest BCUT2D eigenvalue weighted by molar-refractivity contribution is 5.66. The van der Waals surface area contributed by atoms with Gasteiger partial charge in [-0.15, -0.1) is 0 Å². The molecule has 6 atom stereocenters. The van der Waals surface area contributed by atoms with Crippen molar-refractivity contribution in [3.8, 4) is 11.4 Å². The predicted molar refractivity (Wildman–Crippen MR) is 273 cm³/mol. The van der Waals surface area contributed by atoms with Crippen molar-refractivity contribution in [2.24, 2.45) is 22.7 Å². The second-order valence-electron chi connectivity index (χ2n) is 19.4. The van der Waals surface area contributed by atoms with Crippen molar-refractivity contribution in [1.82, 2.24) is 19.6 Å². The van der Waals surface area contributed by atoms with E-state index in [1.807, 2.05) is 34.7 Å². The topological polar surface area (TPSA) is 102 Å². The van der Waals surface area contributed by atoms with Crippen LogP contribution >= 0.6 is 0 Å². The molecule has 0 radical (unpaired) electrons. The second-order valence-corrected chi connectivity index (χ2v) is 19.4. The number of aliphatic hydroxyl groups is 2. The lowest BCUT2D eigenvalue weighted by atomic mass is 9.57. The first kappa shape index (κ1) is 52.5. The summed E-state index contributed by atoms with van der Waals surface area (Å²) in [7, 11) is 0. The third-order valence-electron chi connectivity index (χ3n) is 15.2. The molecule has 0 amide bonds. The molecule has 4 aliphatic carbocycles. The van der Waals surface area contributed by atoms with Gasteiger partial charge in [0.15, 0.2) is 0 Å². The molecule has 0 aliphatic heterocycles. The zero-order valence-electron chi connectivity index (χ0n) is 40.6. The number of hydrogen-bond acceptors (Lipinski definition) is 6. The number of hydrogen-bond donors (Lipinski definition) is 2. The van der Waals surface area contributed by atoms with Crippen LogP contribution < -0.4 is 0 Å². The third-order valence-corrected chi connectivity index (χ3v) is 15.2.